The first-order valence-electron chi connectivity index (χ1n) is 12.5. The predicted octanol–water partition coefficient (Wildman–Crippen LogP) is 6.49. The third-order valence-electron chi connectivity index (χ3n) is 8.08. The first kappa shape index (κ1) is 24.0. The Morgan fingerprint density at radius 3 is 2.47 bits per heavy atom. The van der Waals surface area contributed by atoms with Crippen LogP contribution in [0.3, 0.4) is 0 Å². The van der Waals surface area contributed by atoms with Gasteiger partial charge in [0.2, 0.25) is 0 Å². The van der Waals surface area contributed by atoms with Crippen molar-refractivity contribution in [2.24, 2.45) is 17.8 Å². The Kier molecular flexibility index (Phi) is 5.83. The van der Waals surface area contributed by atoms with Gasteiger partial charge in [-0.15, -0.1) is 0 Å². The van der Waals surface area contributed by atoms with E-state index in [4.69, 9.17) is 0 Å². The lowest BCUT2D eigenvalue weighted by atomic mass is 9.61. The summed E-state index contributed by atoms with van der Waals surface area (Å²) in [4.78, 5) is 19.5. The molecule has 7 rings (SSSR count). The van der Waals surface area contributed by atoms with E-state index in [2.05, 4.69) is 15.3 Å². The first-order chi connectivity index (χ1) is 18.4. The van der Waals surface area contributed by atoms with E-state index in [9.17, 15) is 23.9 Å². The summed E-state index contributed by atoms with van der Waals surface area (Å²) in [5, 5.41) is 23.4. The summed E-state index contributed by atoms with van der Waals surface area (Å²) >= 11 is 0. The molecule has 2 aromatic carbocycles. The Labute approximate surface area is 216 Å². The number of nitrogens with zero attached hydrogens (tertiary/aromatic N) is 2. The minimum Gasteiger partial charge on any atom is -0.481 e. The van der Waals surface area contributed by atoms with Crippen LogP contribution in [0.4, 0.5) is 19.0 Å². The number of aromatic nitrogens is 2. The smallest absolute Gasteiger partial charge is 0.308 e. The van der Waals surface area contributed by atoms with Crippen LogP contribution in [0.2, 0.25) is 0 Å². The quantitative estimate of drug-likeness (QED) is 0.282. The second-order valence-corrected chi connectivity index (χ2v) is 10.1. The summed E-state index contributed by atoms with van der Waals surface area (Å²) in [6, 6.07) is 11.9. The molecule has 2 atom stereocenters. The number of benzene rings is 2. The van der Waals surface area contributed by atoms with Crippen LogP contribution < -0.4 is 5.32 Å². The number of carboxylic acid groups (broad SMARTS) is 1. The second-order valence-electron chi connectivity index (χ2n) is 10.1. The van der Waals surface area contributed by atoms with Crippen molar-refractivity contribution in [3.63, 3.8) is 0 Å². The van der Waals surface area contributed by atoms with Gasteiger partial charge in [0, 0.05) is 34.8 Å². The third-order valence-corrected chi connectivity index (χ3v) is 8.08. The summed E-state index contributed by atoms with van der Waals surface area (Å²) in [5.74, 6) is -4.18. The molecule has 0 saturated heterocycles. The highest BCUT2D eigenvalue weighted by atomic mass is 19.1. The number of carbonyl (C=O) groups is 1. The fourth-order valence-electron chi connectivity index (χ4n) is 6.36. The monoisotopic (exact) mass is 516 g/mol. The number of aliphatic carboxylic acids is 1. The Hall–Kier alpha value is -4.32. The number of nitrogens with one attached hydrogen (secondary N) is 2. The normalized spacial score (nSPS) is 22.4. The van der Waals surface area contributed by atoms with Crippen molar-refractivity contribution in [1.29, 1.82) is 5.26 Å². The number of pyridine rings is 1. The Bertz CT molecular complexity index is 1600. The van der Waals surface area contributed by atoms with Gasteiger partial charge in [-0.2, -0.15) is 5.26 Å². The molecule has 2 aromatic heterocycles. The average Bonchev–Trinajstić information content (AvgIpc) is 3.34. The summed E-state index contributed by atoms with van der Waals surface area (Å²) < 4.78 is 44.9. The molecule has 192 valence electrons. The van der Waals surface area contributed by atoms with E-state index in [1.807, 2.05) is 6.07 Å². The zero-order valence-electron chi connectivity index (χ0n) is 20.1. The fraction of sp³-hybridized carbons (Fsp3) is 0.276. The molecule has 3 saturated carbocycles. The summed E-state index contributed by atoms with van der Waals surface area (Å²) in [6.45, 7) is 0. The van der Waals surface area contributed by atoms with Gasteiger partial charge in [-0.1, -0.05) is 30.3 Å². The van der Waals surface area contributed by atoms with Gasteiger partial charge in [0.15, 0.2) is 11.6 Å². The van der Waals surface area contributed by atoms with Gasteiger partial charge in [0.1, 0.15) is 17.7 Å². The largest absolute Gasteiger partial charge is 0.481 e. The van der Waals surface area contributed by atoms with E-state index < -0.39 is 35.4 Å². The molecule has 0 amide bonds. The minimum absolute atomic E-state index is 0.0101. The number of carboxylic acids is 1. The minimum atomic E-state index is -0.933. The number of hydrogen-bond donors (Lipinski definition) is 3. The highest BCUT2D eigenvalue weighted by Crippen LogP contribution is 2.47. The molecule has 4 aromatic rings. The maximum Gasteiger partial charge on any atom is 0.308 e. The van der Waals surface area contributed by atoms with E-state index >= 15 is 4.39 Å². The van der Waals surface area contributed by atoms with Crippen molar-refractivity contribution in [3.8, 4) is 28.5 Å². The Morgan fingerprint density at radius 1 is 1.08 bits per heavy atom. The van der Waals surface area contributed by atoms with Crippen LogP contribution in [0.25, 0.3) is 33.3 Å². The van der Waals surface area contributed by atoms with Gasteiger partial charge in [-0.05, 0) is 49.1 Å². The van der Waals surface area contributed by atoms with Crippen molar-refractivity contribution in [3.05, 3.63) is 71.7 Å². The summed E-state index contributed by atoms with van der Waals surface area (Å²) in [6.07, 6.45) is 4.72. The van der Waals surface area contributed by atoms with Gasteiger partial charge in [0.05, 0.1) is 22.7 Å². The zero-order chi connectivity index (χ0) is 26.6. The fourth-order valence-corrected chi connectivity index (χ4v) is 6.36. The van der Waals surface area contributed by atoms with E-state index in [1.165, 1.54) is 6.20 Å². The Balaban J connectivity index is 1.58. The second kappa shape index (κ2) is 9.21. The molecule has 3 N–H and O–H groups in total. The molecule has 3 aliphatic carbocycles. The lowest BCUT2D eigenvalue weighted by Gasteiger charge is -2.47. The van der Waals surface area contributed by atoms with E-state index in [-0.39, 0.29) is 50.9 Å². The van der Waals surface area contributed by atoms with Crippen molar-refractivity contribution < 1.29 is 23.1 Å². The molecule has 0 unspecified atom stereocenters. The number of anilines is 1. The molecule has 3 aliphatic rings. The standard InChI is InChI=1S/C29H23F3N4O2/c30-17-10-18-20(13-34-27(18)21(31)11-17)26-19(12-33)22(14-4-2-1-3-5-14)24(32)28(36-26)35-25-16-8-6-15(7-9-16)23(25)29(37)38/h1-5,10-11,13,15-16,23,25,34H,6-9H2,(H,35,36)(H,37,38)/t15?,16?,23-,25-/m0/s1. The number of hydrogen-bond acceptors (Lipinski definition) is 4. The molecule has 0 radical (unpaired) electrons. The molecule has 9 heteroatoms. The van der Waals surface area contributed by atoms with Crippen molar-refractivity contribution in [2.45, 2.75) is 31.7 Å². The molecular formula is C29H23F3N4O2. The molecule has 0 spiro atoms. The number of rotatable bonds is 5. The van der Waals surface area contributed by atoms with Gasteiger partial charge in [-0.3, -0.25) is 4.79 Å². The highest BCUT2D eigenvalue weighted by molar-refractivity contribution is 5.98. The lowest BCUT2D eigenvalue weighted by Crippen LogP contribution is -2.51. The average molecular weight is 517 g/mol. The molecular weight excluding hydrogens is 493 g/mol. The van der Waals surface area contributed by atoms with Gasteiger partial charge in [0.25, 0.3) is 0 Å². The van der Waals surface area contributed by atoms with Crippen molar-refractivity contribution >= 4 is 22.7 Å². The van der Waals surface area contributed by atoms with Gasteiger partial charge >= 0.3 is 5.97 Å². The van der Waals surface area contributed by atoms with Crippen molar-refractivity contribution in [2.75, 3.05) is 5.32 Å². The molecule has 6 nitrogen and oxygen atoms in total. The predicted molar refractivity (Wildman–Crippen MR) is 136 cm³/mol. The maximum atomic E-state index is 16.2. The van der Waals surface area contributed by atoms with Gasteiger partial charge < -0.3 is 15.4 Å². The van der Waals surface area contributed by atoms with Gasteiger partial charge in [-0.25, -0.2) is 18.2 Å². The van der Waals surface area contributed by atoms with E-state index in [1.54, 1.807) is 30.3 Å². The van der Waals surface area contributed by atoms with Crippen LogP contribution in [0, 0.1) is 46.5 Å². The first-order valence-corrected chi connectivity index (χ1v) is 12.5. The third kappa shape index (κ3) is 3.79. The van der Waals surface area contributed by atoms with E-state index in [0.29, 0.717) is 5.56 Å². The topological polar surface area (TPSA) is 102 Å². The lowest BCUT2D eigenvalue weighted by molar-refractivity contribution is -0.148. The Morgan fingerprint density at radius 2 is 1.79 bits per heavy atom. The van der Waals surface area contributed by atoms with Crippen LogP contribution in [0.1, 0.15) is 31.2 Å². The SMILES string of the molecule is N#Cc1c(-c2c[nH]c3c(F)cc(F)cc23)nc(N[C@H]2C3CCC(CC3)[C@@H]2C(=O)O)c(F)c1-c1ccccc1. The molecule has 2 heterocycles. The highest BCUT2D eigenvalue weighted by Gasteiger charge is 2.47. The molecule has 3 fully saturated rings. The number of halogens is 3. The zero-order valence-corrected chi connectivity index (χ0v) is 20.1. The molecule has 2 bridgehead atoms. The number of nitriles is 1. The van der Waals surface area contributed by atoms with Crippen LogP contribution in [0.15, 0.2) is 48.7 Å². The number of H-pyrrole nitrogens is 1. The number of aromatic amines is 1. The van der Waals surface area contributed by atoms with Crippen LogP contribution in [-0.4, -0.2) is 27.1 Å². The van der Waals surface area contributed by atoms with Crippen LogP contribution in [0.5, 0.6) is 0 Å². The van der Waals surface area contributed by atoms with Crippen LogP contribution in [-0.2, 0) is 4.79 Å². The molecule has 0 aliphatic heterocycles. The molecule has 38 heavy (non-hydrogen) atoms. The summed E-state index contributed by atoms with van der Waals surface area (Å²) in [7, 11) is 0. The van der Waals surface area contributed by atoms with Crippen LogP contribution >= 0.6 is 0 Å². The van der Waals surface area contributed by atoms with Crippen molar-refractivity contribution in [1.82, 2.24) is 9.97 Å². The maximum absolute atomic E-state index is 16.2. The number of fused-ring (bicyclic) bond motifs is 4. The summed E-state index contributed by atoms with van der Waals surface area (Å²) in [5.41, 5.74) is 0.618. The van der Waals surface area contributed by atoms with E-state index in [0.717, 1.165) is 37.8 Å².